The molecule has 0 aromatic heterocycles. The maximum absolute atomic E-state index is 12.5. The minimum Gasteiger partial charge on any atom is -0.506 e. The normalized spacial score (nSPS) is 19.5. The smallest absolute Gasteiger partial charge is 0.294 e. The highest BCUT2D eigenvalue weighted by atomic mass is 79.9. The van der Waals surface area contributed by atoms with Crippen LogP contribution in [0.1, 0.15) is 5.56 Å². The van der Waals surface area contributed by atoms with Crippen LogP contribution < -0.4 is 0 Å². The minimum absolute atomic E-state index is 0.118. The van der Waals surface area contributed by atoms with Crippen molar-refractivity contribution >= 4 is 62.4 Å². The number of rotatable bonds is 3. The van der Waals surface area contributed by atoms with Crippen LogP contribution in [0.2, 0.25) is 5.02 Å². The zero-order valence-electron chi connectivity index (χ0n) is 13.4. The van der Waals surface area contributed by atoms with E-state index in [4.69, 9.17) is 16.3 Å². The van der Waals surface area contributed by atoms with Crippen molar-refractivity contribution < 1.29 is 24.2 Å². The van der Waals surface area contributed by atoms with Crippen LogP contribution in [0.3, 0.4) is 0 Å². The Labute approximate surface area is 167 Å². The molecule has 2 aliphatic heterocycles. The van der Waals surface area contributed by atoms with Crippen molar-refractivity contribution in [3.63, 3.8) is 0 Å². The number of thioether (sulfide) groups is 1. The van der Waals surface area contributed by atoms with Crippen LogP contribution in [-0.4, -0.2) is 64.8 Å². The van der Waals surface area contributed by atoms with E-state index in [1.165, 1.54) is 12.1 Å². The number of carbonyl (C=O) groups excluding carboxylic acids is 3. The maximum Gasteiger partial charge on any atom is 0.294 e. The molecule has 2 fully saturated rings. The molecule has 138 valence electrons. The van der Waals surface area contributed by atoms with Gasteiger partial charge in [0.15, 0.2) is 0 Å². The molecule has 0 saturated carbocycles. The maximum atomic E-state index is 12.5. The summed E-state index contributed by atoms with van der Waals surface area (Å²) >= 11 is 9.89. The lowest BCUT2D eigenvalue weighted by Gasteiger charge is -2.28. The van der Waals surface area contributed by atoms with Gasteiger partial charge in [0.2, 0.25) is 5.91 Å². The highest BCUT2D eigenvalue weighted by Crippen LogP contribution is 2.37. The van der Waals surface area contributed by atoms with Crippen molar-refractivity contribution in [2.75, 3.05) is 32.8 Å². The van der Waals surface area contributed by atoms with E-state index in [0.29, 0.717) is 36.3 Å². The van der Waals surface area contributed by atoms with Gasteiger partial charge in [0.05, 0.1) is 23.1 Å². The number of carbonyl (C=O) groups is 3. The van der Waals surface area contributed by atoms with Gasteiger partial charge >= 0.3 is 0 Å². The molecule has 0 spiro atoms. The fourth-order valence-electron chi connectivity index (χ4n) is 2.52. The summed E-state index contributed by atoms with van der Waals surface area (Å²) in [7, 11) is 0. The van der Waals surface area contributed by atoms with E-state index >= 15 is 0 Å². The third-order valence-electron chi connectivity index (χ3n) is 3.88. The lowest BCUT2D eigenvalue weighted by atomic mass is 10.2. The highest BCUT2D eigenvalue weighted by molar-refractivity contribution is 9.10. The number of phenolic OH excluding ortho intramolecular Hbond substituents is 1. The Balaban J connectivity index is 1.77. The summed E-state index contributed by atoms with van der Waals surface area (Å²) in [6, 6.07) is 3.09. The van der Waals surface area contributed by atoms with Gasteiger partial charge in [-0.2, -0.15) is 0 Å². The van der Waals surface area contributed by atoms with Gasteiger partial charge in [0, 0.05) is 23.1 Å². The Morgan fingerprint density at radius 1 is 1.35 bits per heavy atom. The zero-order valence-corrected chi connectivity index (χ0v) is 16.6. The van der Waals surface area contributed by atoms with Crippen LogP contribution in [0.4, 0.5) is 4.79 Å². The Kier molecular flexibility index (Phi) is 5.91. The molecule has 0 bridgehead atoms. The Morgan fingerprint density at radius 3 is 2.73 bits per heavy atom. The van der Waals surface area contributed by atoms with Crippen molar-refractivity contribution in [3.8, 4) is 5.75 Å². The molecule has 0 aliphatic carbocycles. The van der Waals surface area contributed by atoms with Crippen molar-refractivity contribution in [1.82, 2.24) is 9.80 Å². The second-order valence-electron chi connectivity index (χ2n) is 5.59. The van der Waals surface area contributed by atoms with E-state index in [0.717, 1.165) is 16.7 Å². The van der Waals surface area contributed by atoms with Gasteiger partial charge < -0.3 is 14.7 Å². The number of morpholine rings is 1. The fourth-order valence-corrected chi connectivity index (χ4v) is 4.18. The summed E-state index contributed by atoms with van der Waals surface area (Å²) in [4.78, 5) is 39.5. The number of phenols is 1. The highest BCUT2D eigenvalue weighted by Gasteiger charge is 2.37. The Morgan fingerprint density at radius 2 is 2.04 bits per heavy atom. The number of imide groups is 1. The second-order valence-corrected chi connectivity index (χ2v) is 7.90. The average molecular weight is 462 g/mol. The third-order valence-corrected chi connectivity index (χ3v) is 5.53. The first-order valence-electron chi connectivity index (χ1n) is 7.65. The first-order chi connectivity index (χ1) is 12.4. The molecule has 1 aromatic carbocycles. The molecule has 26 heavy (non-hydrogen) atoms. The van der Waals surface area contributed by atoms with Crippen molar-refractivity contribution in [2.24, 2.45) is 0 Å². The second kappa shape index (κ2) is 7.99. The first-order valence-corrected chi connectivity index (χ1v) is 9.64. The summed E-state index contributed by atoms with van der Waals surface area (Å²) in [6.07, 6.45) is 1.39. The standard InChI is InChI=1S/C16H14BrClN2O5S/c17-10-5-9(14(22)11(18)7-10)6-12-15(23)20(16(24)26-12)8-13(21)19-1-3-25-4-2-19/h5-7,22H,1-4,8H2/b12-6+. The van der Waals surface area contributed by atoms with Crippen LogP contribution >= 0.6 is 39.3 Å². The largest absolute Gasteiger partial charge is 0.506 e. The molecule has 3 amide bonds. The lowest BCUT2D eigenvalue weighted by molar-refractivity contribution is -0.139. The molecule has 1 N–H and O–H groups in total. The molecule has 10 heteroatoms. The van der Waals surface area contributed by atoms with Gasteiger partial charge in [0.1, 0.15) is 12.3 Å². The predicted molar refractivity (Wildman–Crippen MR) is 101 cm³/mol. The molecule has 2 heterocycles. The summed E-state index contributed by atoms with van der Waals surface area (Å²) in [5, 5.41) is 9.62. The molecule has 3 rings (SSSR count). The average Bonchev–Trinajstić information content (AvgIpc) is 2.87. The van der Waals surface area contributed by atoms with Crippen molar-refractivity contribution in [2.45, 2.75) is 0 Å². The molecule has 0 radical (unpaired) electrons. The molecular weight excluding hydrogens is 448 g/mol. The SMILES string of the molecule is O=C(CN1C(=O)S/C(=C/c2cc(Br)cc(Cl)c2O)C1=O)N1CCOCC1. The molecule has 1 aromatic rings. The number of aromatic hydroxyl groups is 1. The van der Waals surface area contributed by atoms with Crippen LogP contribution in [0.5, 0.6) is 5.75 Å². The summed E-state index contributed by atoms with van der Waals surface area (Å²) in [6.45, 7) is 1.45. The summed E-state index contributed by atoms with van der Waals surface area (Å²) in [5.74, 6) is -1.06. The van der Waals surface area contributed by atoms with E-state index in [1.54, 1.807) is 11.0 Å². The minimum atomic E-state index is -0.572. The van der Waals surface area contributed by atoms with Gasteiger partial charge in [-0.15, -0.1) is 0 Å². The Bertz CT molecular complexity index is 810. The number of nitrogens with zero attached hydrogens (tertiary/aromatic N) is 2. The van der Waals surface area contributed by atoms with E-state index in [-0.39, 0.29) is 28.1 Å². The zero-order chi connectivity index (χ0) is 18.8. The van der Waals surface area contributed by atoms with E-state index in [1.807, 2.05) is 0 Å². The lowest BCUT2D eigenvalue weighted by Crippen LogP contribution is -2.46. The number of halogens is 2. The number of hydrogen-bond acceptors (Lipinski definition) is 6. The van der Waals surface area contributed by atoms with E-state index in [9.17, 15) is 19.5 Å². The van der Waals surface area contributed by atoms with Crippen LogP contribution in [0.25, 0.3) is 6.08 Å². The van der Waals surface area contributed by atoms with Gasteiger partial charge in [-0.1, -0.05) is 27.5 Å². The first kappa shape index (κ1) is 19.2. The van der Waals surface area contributed by atoms with Crippen molar-refractivity contribution in [1.29, 1.82) is 0 Å². The summed E-state index contributed by atoms with van der Waals surface area (Å²) in [5.41, 5.74) is 0.300. The number of amides is 3. The van der Waals surface area contributed by atoms with Crippen LogP contribution in [0.15, 0.2) is 21.5 Å². The quantitative estimate of drug-likeness (QED) is 0.697. The molecule has 0 atom stereocenters. The van der Waals surface area contributed by atoms with Gasteiger partial charge in [-0.25, -0.2) is 0 Å². The number of ether oxygens (including phenoxy) is 1. The fraction of sp³-hybridized carbons (Fsp3) is 0.312. The summed E-state index contributed by atoms with van der Waals surface area (Å²) < 4.78 is 5.80. The van der Waals surface area contributed by atoms with Gasteiger partial charge in [-0.05, 0) is 30.0 Å². The number of hydrogen-bond donors (Lipinski definition) is 1. The molecule has 0 unspecified atom stereocenters. The van der Waals surface area contributed by atoms with Crippen molar-refractivity contribution in [3.05, 3.63) is 32.1 Å². The van der Waals surface area contributed by atoms with Gasteiger partial charge in [-0.3, -0.25) is 19.3 Å². The predicted octanol–water partition coefficient (Wildman–Crippen LogP) is 2.70. The van der Waals surface area contributed by atoms with E-state index < -0.39 is 11.1 Å². The van der Waals surface area contributed by atoms with Crippen LogP contribution in [-0.2, 0) is 14.3 Å². The molecular formula is C16H14BrClN2O5S. The Hall–Kier alpha value is -1.55. The van der Waals surface area contributed by atoms with Gasteiger partial charge in [0.25, 0.3) is 11.1 Å². The molecule has 2 aliphatic rings. The topological polar surface area (TPSA) is 87.2 Å². The monoisotopic (exact) mass is 460 g/mol. The van der Waals surface area contributed by atoms with E-state index in [2.05, 4.69) is 15.9 Å². The third kappa shape index (κ3) is 4.06. The molecule has 2 saturated heterocycles. The van der Waals surface area contributed by atoms with Crippen LogP contribution in [0, 0.1) is 0 Å². The molecule has 7 nitrogen and oxygen atoms in total. The number of benzene rings is 1.